The first-order valence-electron chi connectivity index (χ1n) is 6.38. The van der Waals surface area contributed by atoms with E-state index >= 15 is 0 Å². The van der Waals surface area contributed by atoms with E-state index in [-0.39, 0.29) is 5.54 Å². The van der Waals surface area contributed by atoms with Gasteiger partial charge in [-0.3, -0.25) is 0 Å². The Balaban J connectivity index is 2.34. The fourth-order valence-corrected chi connectivity index (χ4v) is 3.21. The third-order valence-electron chi connectivity index (χ3n) is 3.95. The van der Waals surface area contributed by atoms with Crippen molar-refractivity contribution in [2.45, 2.75) is 52.0 Å². The SMILES string of the molecule is Cc1ccc(C2(N)CCCC(C)C2)c(C)c1. The molecule has 0 aliphatic heterocycles. The van der Waals surface area contributed by atoms with Crippen LogP contribution in [0.25, 0.3) is 0 Å². The van der Waals surface area contributed by atoms with Crippen molar-refractivity contribution in [3.63, 3.8) is 0 Å². The number of nitrogens with two attached hydrogens (primary N) is 1. The van der Waals surface area contributed by atoms with E-state index in [4.69, 9.17) is 5.73 Å². The van der Waals surface area contributed by atoms with Crippen LogP contribution in [0.5, 0.6) is 0 Å². The summed E-state index contributed by atoms with van der Waals surface area (Å²) >= 11 is 0. The second-order valence-electron chi connectivity index (χ2n) is 5.68. The van der Waals surface area contributed by atoms with E-state index in [9.17, 15) is 0 Å². The Morgan fingerprint density at radius 3 is 2.69 bits per heavy atom. The molecule has 1 aromatic rings. The highest BCUT2D eigenvalue weighted by atomic mass is 14.8. The minimum absolute atomic E-state index is 0.0740. The summed E-state index contributed by atoms with van der Waals surface area (Å²) in [7, 11) is 0. The van der Waals surface area contributed by atoms with Crippen LogP contribution >= 0.6 is 0 Å². The maximum absolute atomic E-state index is 6.62. The summed E-state index contributed by atoms with van der Waals surface area (Å²) in [6, 6.07) is 6.68. The van der Waals surface area contributed by atoms with Crippen LogP contribution < -0.4 is 5.73 Å². The lowest BCUT2D eigenvalue weighted by Crippen LogP contribution is -2.41. The van der Waals surface area contributed by atoms with E-state index in [0.717, 1.165) is 18.8 Å². The molecule has 0 bridgehead atoms. The highest BCUT2D eigenvalue weighted by Gasteiger charge is 2.33. The molecule has 16 heavy (non-hydrogen) atoms. The van der Waals surface area contributed by atoms with Crippen molar-refractivity contribution in [3.8, 4) is 0 Å². The Kier molecular flexibility index (Phi) is 3.07. The molecule has 0 spiro atoms. The zero-order valence-corrected chi connectivity index (χ0v) is 10.7. The number of rotatable bonds is 1. The summed E-state index contributed by atoms with van der Waals surface area (Å²) in [5.41, 5.74) is 10.6. The molecular formula is C15H23N. The molecule has 2 N–H and O–H groups in total. The van der Waals surface area contributed by atoms with Gasteiger partial charge in [0.2, 0.25) is 0 Å². The van der Waals surface area contributed by atoms with Crippen molar-refractivity contribution in [1.82, 2.24) is 0 Å². The van der Waals surface area contributed by atoms with Crippen LogP contribution in [0.3, 0.4) is 0 Å². The van der Waals surface area contributed by atoms with E-state index in [0.29, 0.717) is 0 Å². The Bertz CT molecular complexity index is 383. The summed E-state index contributed by atoms with van der Waals surface area (Å²) in [6.07, 6.45) is 4.88. The summed E-state index contributed by atoms with van der Waals surface area (Å²) < 4.78 is 0. The Labute approximate surface area is 99.0 Å². The van der Waals surface area contributed by atoms with Crippen molar-refractivity contribution in [1.29, 1.82) is 0 Å². The van der Waals surface area contributed by atoms with Gasteiger partial charge in [0.15, 0.2) is 0 Å². The van der Waals surface area contributed by atoms with E-state index < -0.39 is 0 Å². The van der Waals surface area contributed by atoms with Gasteiger partial charge in [-0.05, 0) is 43.7 Å². The van der Waals surface area contributed by atoms with Crippen LogP contribution in [0.1, 0.15) is 49.3 Å². The van der Waals surface area contributed by atoms with Gasteiger partial charge < -0.3 is 5.73 Å². The van der Waals surface area contributed by atoms with Gasteiger partial charge in [-0.25, -0.2) is 0 Å². The zero-order valence-electron chi connectivity index (χ0n) is 10.7. The summed E-state index contributed by atoms with van der Waals surface area (Å²) in [5, 5.41) is 0. The second kappa shape index (κ2) is 4.21. The molecule has 0 amide bonds. The Morgan fingerprint density at radius 1 is 1.31 bits per heavy atom. The van der Waals surface area contributed by atoms with Crippen molar-refractivity contribution in [3.05, 3.63) is 34.9 Å². The first-order chi connectivity index (χ1) is 7.51. The molecule has 2 rings (SSSR count). The maximum atomic E-state index is 6.62. The van der Waals surface area contributed by atoms with Crippen LogP contribution in [0.4, 0.5) is 0 Å². The van der Waals surface area contributed by atoms with Crippen molar-refractivity contribution in [2.24, 2.45) is 11.7 Å². The van der Waals surface area contributed by atoms with Crippen LogP contribution in [0, 0.1) is 19.8 Å². The van der Waals surface area contributed by atoms with E-state index in [1.54, 1.807) is 0 Å². The first kappa shape index (κ1) is 11.7. The monoisotopic (exact) mass is 217 g/mol. The third-order valence-corrected chi connectivity index (χ3v) is 3.95. The normalized spacial score (nSPS) is 30.4. The number of aryl methyl sites for hydroxylation is 2. The minimum atomic E-state index is -0.0740. The first-order valence-corrected chi connectivity index (χ1v) is 6.38. The molecular weight excluding hydrogens is 194 g/mol. The van der Waals surface area contributed by atoms with Crippen molar-refractivity contribution >= 4 is 0 Å². The highest BCUT2D eigenvalue weighted by molar-refractivity contribution is 5.36. The average Bonchev–Trinajstić information content (AvgIpc) is 2.16. The fourth-order valence-electron chi connectivity index (χ4n) is 3.21. The molecule has 1 fully saturated rings. The number of benzene rings is 1. The molecule has 0 saturated heterocycles. The van der Waals surface area contributed by atoms with Gasteiger partial charge >= 0.3 is 0 Å². The van der Waals surface area contributed by atoms with Gasteiger partial charge in [-0.1, -0.05) is 43.5 Å². The third kappa shape index (κ3) is 2.15. The molecule has 1 aromatic carbocycles. The largest absolute Gasteiger partial charge is 0.321 e. The van der Waals surface area contributed by atoms with Gasteiger partial charge in [0.1, 0.15) is 0 Å². The number of hydrogen-bond donors (Lipinski definition) is 1. The fraction of sp³-hybridized carbons (Fsp3) is 0.600. The molecule has 1 aliphatic carbocycles. The second-order valence-corrected chi connectivity index (χ2v) is 5.68. The van der Waals surface area contributed by atoms with Gasteiger partial charge in [0.05, 0.1) is 0 Å². The lowest BCUT2D eigenvalue weighted by Gasteiger charge is -2.38. The van der Waals surface area contributed by atoms with Crippen LogP contribution in [-0.4, -0.2) is 0 Å². The lowest BCUT2D eigenvalue weighted by molar-refractivity contribution is 0.238. The molecule has 0 radical (unpaired) electrons. The maximum Gasteiger partial charge on any atom is 0.0414 e. The molecule has 0 aromatic heterocycles. The average molecular weight is 217 g/mol. The minimum Gasteiger partial charge on any atom is -0.321 e. The summed E-state index contributed by atoms with van der Waals surface area (Å²) in [5.74, 6) is 0.763. The summed E-state index contributed by atoms with van der Waals surface area (Å²) in [6.45, 7) is 6.66. The molecule has 1 nitrogen and oxygen atoms in total. The zero-order chi connectivity index (χ0) is 11.8. The van der Waals surface area contributed by atoms with Crippen molar-refractivity contribution in [2.75, 3.05) is 0 Å². The van der Waals surface area contributed by atoms with Gasteiger partial charge in [0, 0.05) is 5.54 Å². The quantitative estimate of drug-likeness (QED) is 0.763. The van der Waals surface area contributed by atoms with Crippen LogP contribution in [0.2, 0.25) is 0 Å². The van der Waals surface area contributed by atoms with Crippen LogP contribution in [0.15, 0.2) is 18.2 Å². The number of hydrogen-bond acceptors (Lipinski definition) is 1. The lowest BCUT2D eigenvalue weighted by atomic mass is 9.72. The molecule has 1 heteroatoms. The van der Waals surface area contributed by atoms with E-state index in [2.05, 4.69) is 39.0 Å². The van der Waals surface area contributed by atoms with E-state index in [1.807, 2.05) is 0 Å². The predicted octanol–water partition coefficient (Wildman–Crippen LogP) is 3.67. The molecule has 1 aliphatic rings. The predicted molar refractivity (Wildman–Crippen MR) is 69.4 cm³/mol. The van der Waals surface area contributed by atoms with E-state index in [1.165, 1.54) is 29.5 Å². The van der Waals surface area contributed by atoms with Crippen LogP contribution in [-0.2, 0) is 5.54 Å². The molecule has 0 heterocycles. The molecule has 2 atom stereocenters. The molecule has 88 valence electrons. The highest BCUT2D eigenvalue weighted by Crippen LogP contribution is 2.39. The smallest absolute Gasteiger partial charge is 0.0414 e. The molecule has 1 saturated carbocycles. The van der Waals surface area contributed by atoms with Crippen molar-refractivity contribution < 1.29 is 0 Å². The van der Waals surface area contributed by atoms with Gasteiger partial charge in [-0.15, -0.1) is 0 Å². The molecule has 2 unspecified atom stereocenters. The van der Waals surface area contributed by atoms with Gasteiger partial charge in [0.25, 0.3) is 0 Å². The standard InChI is InChI=1S/C15H23N/c1-11-6-7-14(13(3)9-11)15(16)8-4-5-12(2)10-15/h6-7,9,12H,4-5,8,10,16H2,1-3H3. The Hall–Kier alpha value is -0.820. The van der Waals surface area contributed by atoms with Gasteiger partial charge in [-0.2, -0.15) is 0 Å². The summed E-state index contributed by atoms with van der Waals surface area (Å²) in [4.78, 5) is 0. The topological polar surface area (TPSA) is 26.0 Å². The Morgan fingerprint density at radius 2 is 2.06 bits per heavy atom.